The molecule has 0 aliphatic carbocycles. The number of hydrogen-bond donors (Lipinski definition) is 0. The molecule has 2 heteroatoms. The van der Waals surface area contributed by atoms with Crippen molar-refractivity contribution in [2.45, 2.75) is 33.6 Å². The summed E-state index contributed by atoms with van der Waals surface area (Å²) < 4.78 is 7.24. The molecule has 0 radical (unpaired) electrons. The van der Waals surface area contributed by atoms with E-state index in [1.807, 2.05) is 0 Å². The summed E-state index contributed by atoms with van der Waals surface area (Å²) in [4.78, 5) is 0. The van der Waals surface area contributed by atoms with Crippen LogP contribution in [0.2, 0.25) is 0 Å². The minimum Gasteiger partial charge on any atom is -0.492 e. The molecule has 0 spiro atoms. The van der Waals surface area contributed by atoms with Crippen LogP contribution in [0, 0.1) is 27.7 Å². The van der Waals surface area contributed by atoms with E-state index in [0.717, 1.165) is 12.4 Å². The van der Waals surface area contributed by atoms with Gasteiger partial charge in [-0.15, -0.1) is 0 Å². The van der Waals surface area contributed by atoms with Crippen LogP contribution in [0.25, 0.3) is 0 Å². The molecule has 0 amide bonds. The van der Waals surface area contributed by atoms with Crippen molar-refractivity contribution in [1.82, 2.24) is 0 Å². The Kier molecular flexibility index (Phi) is 3.37. The van der Waals surface area contributed by atoms with Gasteiger partial charge in [-0.3, -0.25) is 0 Å². The van der Waals surface area contributed by atoms with Crippen molar-refractivity contribution in [3.63, 3.8) is 0 Å². The quantitative estimate of drug-likeness (QED) is 0.697. The molecule has 20 heavy (non-hydrogen) atoms. The zero-order chi connectivity index (χ0) is 14.4. The highest BCUT2D eigenvalue weighted by molar-refractivity contribution is 9.10. The molecule has 1 nitrogen and oxygen atoms in total. The molecule has 3 rings (SSSR count). The van der Waals surface area contributed by atoms with Crippen LogP contribution in [0.15, 0.2) is 28.7 Å². The van der Waals surface area contributed by atoms with Crippen LogP contribution in [0.3, 0.4) is 0 Å². The third kappa shape index (κ3) is 1.98. The topological polar surface area (TPSA) is 9.23 Å². The highest BCUT2D eigenvalue weighted by Gasteiger charge is 2.31. The Hall–Kier alpha value is -1.28. The van der Waals surface area contributed by atoms with Gasteiger partial charge in [0.05, 0.1) is 6.61 Å². The van der Waals surface area contributed by atoms with Gasteiger partial charge in [0.15, 0.2) is 0 Å². The first-order valence-electron chi connectivity index (χ1n) is 6.99. The Morgan fingerprint density at radius 2 is 1.60 bits per heavy atom. The number of benzene rings is 2. The maximum Gasteiger partial charge on any atom is 0.126 e. The van der Waals surface area contributed by atoms with Gasteiger partial charge in [0.2, 0.25) is 0 Å². The summed E-state index contributed by atoms with van der Waals surface area (Å²) in [5.74, 6) is 1.44. The van der Waals surface area contributed by atoms with Crippen molar-refractivity contribution in [3.05, 3.63) is 62.1 Å². The fourth-order valence-corrected chi connectivity index (χ4v) is 3.53. The molecule has 0 bridgehead atoms. The van der Waals surface area contributed by atoms with Gasteiger partial charge in [-0.2, -0.15) is 0 Å². The second-order valence-corrected chi connectivity index (χ2v) is 6.50. The van der Waals surface area contributed by atoms with Gasteiger partial charge in [0, 0.05) is 16.0 Å². The van der Waals surface area contributed by atoms with Gasteiger partial charge in [-0.1, -0.05) is 45.8 Å². The van der Waals surface area contributed by atoms with E-state index in [4.69, 9.17) is 4.74 Å². The molecule has 2 aromatic rings. The standard InChI is InChI=1S/C18H19BrO/c1-10-5-7-14(8-6-10)15-9-20-18-12(3)11(2)17(19)13(4)16(15)18/h5-8,15H,9H2,1-4H3/t15-/m0/s1. The lowest BCUT2D eigenvalue weighted by Crippen LogP contribution is -2.04. The smallest absolute Gasteiger partial charge is 0.126 e. The molecule has 0 aromatic heterocycles. The summed E-state index contributed by atoms with van der Waals surface area (Å²) in [5.41, 5.74) is 7.84. The van der Waals surface area contributed by atoms with Gasteiger partial charge in [0.25, 0.3) is 0 Å². The normalized spacial score (nSPS) is 16.9. The lowest BCUT2D eigenvalue weighted by atomic mass is 9.87. The van der Waals surface area contributed by atoms with Gasteiger partial charge in [-0.25, -0.2) is 0 Å². The van der Waals surface area contributed by atoms with Crippen molar-refractivity contribution in [3.8, 4) is 5.75 Å². The Bertz CT molecular complexity index is 671. The molecule has 0 unspecified atom stereocenters. The molecule has 1 atom stereocenters. The Balaban J connectivity index is 2.17. The largest absolute Gasteiger partial charge is 0.492 e. The molecule has 0 saturated heterocycles. The summed E-state index contributed by atoms with van der Waals surface area (Å²) in [6.45, 7) is 9.35. The highest BCUT2D eigenvalue weighted by Crippen LogP contribution is 2.46. The van der Waals surface area contributed by atoms with E-state index < -0.39 is 0 Å². The summed E-state index contributed by atoms with van der Waals surface area (Å²) in [6.07, 6.45) is 0. The number of rotatable bonds is 1. The number of ether oxygens (including phenoxy) is 1. The maximum absolute atomic E-state index is 6.02. The van der Waals surface area contributed by atoms with E-state index in [0.29, 0.717) is 5.92 Å². The number of halogens is 1. The molecule has 1 heterocycles. The summed E-state index contributed by atoms with van der Waals surface area (Å²) >= 11 is 3.74. The average Bonchev–Trinajstić information content (AvgIpc) is 2.88. The van der Waals surface area contributed by atoms with Crippen LogP contribution in [-0.4, -0.2) is 6.61 Å². The zero-order valence-corrected chi connectivity index (χ0v) is 14.0. The fourth-order valence-electron chi connectivity index (χ4n) is 3.02. The second-order valence-electron chi connectivity index (χ2n) is 5.71. The first-order chi connectivity index (χ1) is 9.50. The predicted octanol–water partition coefficient (Wildman–Crippen LogP) is 5.21. The molecular formula is C18H19BrO. The lowest BCUT2D eigenvalue weighted by Gasteiger charge is -2.16. The molecule has 0 fully saturated rings. The summed E-state index contributed by atoms with van der Waals surface area (Å²) in [6, 6.07) is 8.81. The van der Waals surface area contributed by atoms with Crippen molar-refractivity contribution in [2.24, 2.45) is 0 Å². The van der Waals surface area contributed by atoms with Crippen molar-refractivity contribution in [2.75, 3.05) is 6.61 Å². The van der Waals surface area contributed by atoms with Gasteiger partial charge in [-0.05, 0) is 49.9 Å². The molecule has 2 aromatic carbocycles. The Morgan fingerprint density at radius 3 is 2.25 bits per heavy atom. The first-order valence-corrected chi connectivity index (χ1v) is 7.78. The molecular weight excluding hydrogens is 312 g/mol. The number of hydrogen-bond acceptors (Lipinski definition) is 1. The van der Waals surface area contributed by atoms with E-state index in [1.165, 1.54) is 37.9 Å². The van der Waals surface area contributed by atoms with Crippen LogP contribution in [0.4, 0.5) is 0 Å². The number of fused-ring (bicyclic) bond motifs is 1. The molecule has 0 N–H and O–H groups in total. The minimum atomic E-state index is 0.348. The third-order valence-corrected chi connectivity index (χ3v) is 5.62. The minimum absolute atomic E-state index is 0.348. The average molecular weight is 331 g/mol. The van der Waals surface area contributed by atoms with Crippen molar-refractivity contribution in [1.29, 1.82) is 0 Å². The number of aryl methyl sites for hydroxylation is 1. The molecule has 0 saturated carbocycles. The molecule has 104 valence electrons. The van der Waals surface area contributed by atoms with E-state index in [2.05, 4.69) is 67.9 Å². The Morgan fingerprint density at radius 1 is 0.950 bits per heavy atom. The van der Waals surface area contributed by atoms with E-state index >= 15 is 0 Å². The monoisotopic (exact) mass is 330 g/mol. The van der Waals surface area contributed by atoms with E-state index in [1.54, 1.807) is 0 Å². The zero-order valence-electron chi connectivity index (χ0n) is 12.4. The van der Waals surface area contributed by atoms with Crippen molar-refractivity contribution < 1.29 is 4.74 Å². The van der Waals surface area contributed by atoms with E-state index in [-0.39, 0.29) is 0 Å². The van der Waals surface area contributed by atoms with Crippen LogP contribution < -0.4 is 4.74 Å². The van der Waals surface area contributed by atoms with Gasteiger partial charge < -0.3 is 4.74 Å². The van der Waals surface area contributed by atoms with Crippen LogP contribution in [-0.2, 0) is 0 Å². The molecule has 1 aliphatic heterocycles. The van der Waals surface area contributed by atoms with E-state index in [9.17, 15) is 0 Å². The van der Waals surface area contributed by atoms with Gasteiger partial charge >= 0.3 is 0 Å². The Labute approximate surface area is 129 Å². The summed E-state index contributed by atoms with van der Waals surface area (Å²) in [5, 5.41) is 0. The van der Waals surface area contributed by atoms with Crippen LogP contribution >= 0.6 is 15.9 Å². The third-order valence-electron chi connectivity index (χ3n) is 4.43. The van der Waals surface area contributed by atoms with Gasteiger partial charge in [0.1, 0.15) is 5.75 Å². The fraction of sp³-hybridized carbons (Fsp3) is 0.333. The van der Waals surface area contributed by atoms with Crippen LogP contribution in [0.5, 0.6) is 5.75 Å². The highest BCUT2D eigenvalue weighted by atomic mass is 79.9. The first kappa shape index (κ1) is 13.7. The predicted molar refractivity (Wildman–Crippen MR) is 86.9 cm³/mol. The molecule has 1 aliphatic rings. The maximum atomic E-state index is 6.02. The van der Waals surface area contributed by atoms with Crippen molar-refractivity contribution >= 4 is 15.9 Å². The SMILES string of the molecule is Cc1ccc([C@@H]2COc3c(C)c(C)c(Br)c(C)c32)cc1. The summed E-state index contributed by atoms with van der Waals surface area (Å²) in [7, 11) is 0. The van der Waals surface area contributed by atoms with Crippen LogP contribution in [0.1, 0.15) is 39.3 Å². The second kappa shape index (κ2) is 4.92. The lowest BCUT2D eigenvalue weighted by molar-refractivity contribution is 0.341.